The predicted octanol–water partition coefficient (Wildman–Crippen LogP) is 1.38. The van der Waals surface area contributed by atoms with Crippen LogP contribution in [0.25, 0.3) is 0 Å². The Hall–Kier alpha value is -2.26. The van der Waals surface area contributed by atoms with Crippen molar-refractivity contribution in [3.63, 3.8) is 0 Å². The number of anilines is 1. The monoisotopic (exact) mass is 340 g/mol. The van der Waals surface area contributed by atoms with Gasteiger partial charge in [0.15, 0.2) is 26.3 Å². The van der Waals surface area contributed by atoms with E-state index in [-0.39, 0.29) is 28.1 Å². The zero-order valence-electron chi connectivity index (χ0n) is 11.5. The van der Waals surface area contributed by atoms with Gasteiger partial charge in [0.2, 0.25) is 0 Å². The predicted molar refractivity (Wildman–Crippen MR) is 81.2 cm³/mol. The van der Waals surface area contributed by atoms with Gasteiger partial charge < -0.3 is 4.74 Å². The molecule has 0 saturated carbocycles. The summed E-state index contributed by atoms with van der Waals surface area (Å²) < 4.78 is 27.9. The second kappa shape index (κ2) is 6.67. The number of aldehydes is 1. The van der Waals surface area contributed by atoms with Crippen LogP contribution in [-0.4, -0.2) is 38.5 Å². The molecular formula is C13H12N2O5S2. The van der Waals surface area contributed by atoms with Gasteiger partial charge in [0.25, 0.3) is 5.91 Å². The Balaban J connectivity index is 2.19. The molecule has 0 radical (unpaired) electrons. The fourth-order valence-electron chi connectivity index (χ4n) is 1.56. The quantitative estimate of drug-likeness (QED) is 0.797. The SMILES string of the molecule is CS(=O)(=O)c1csc(NC(=O)c2ccccc2OCC=O)n1. The molecule has 0 saturated heterocycles. The number of nitrogens with one attached hydrogen (secondary N) is 1. The number of aromatic nitrogens is 1. The number of hydrogen-bond donors (Lipinski definition) is 1. The van der Waals surface area contributed by atoms with Crippen LogP contribution in [0.2, 0.25) is 0 Å². The minimum absolute atomic E-state index is 0.0988. The number of thiazole rings is 1. The van der Waals surface area contributed by atoms with Gasteiger partial charge in [0.1, 0.15) is 12.4 Å². The maximum Gasteiger partial charge on any atom is 0.261 e. The van der Waals surface area contributed by atoms with E-state index in [1.54, 1.807) is 18.2 Å². The molecule has 0 aliphatic rings. The van der Waals surface area contributed by atoms with Crippen LogP contribution in [0.3, 0.4) is 0 Å². The number of amides is 1. The number of benzene rings is 1. The van der Waals surface area contributed by atoms with E-state index in [1.165, 1.54) is 11.4 Å². The van der Waals surface area contributed by atoms with Gasteiger partial charge in [-0.15, -0.1) is 11.3 Å². The molecule has 1 aromatic heterocycles. The van der Waals surface area contributed by atoms with E-state index in [4.69, 9.17) is 4.74 Å². The van der Waals surface area contributed by atoms with Crippen molar-refractivity contribution in [1.29, 1.82) is 0 Å². The molecular weight excluding hydrogens is 328 g/mol. The molecule has 1 heterocycles. The van der Waals surface area contributed by atoms with Crippen LogP contribution in [0.4, 0.5) is 5.13 Å². The molecule has 0 bridgehead atoms. The molecule has 0 aliphatic carbocycles. The molecule has 7 nitrogen and oxygen atoms in total. The smallest absolute Gasteiger partial charge is 0.261 e. The van der Waals surface area contributed by atoms with E-state index < -0.39 is 15.7 Å². The first-order chi connectivity index (χ1) is 10.4. The maximum atomic E-state index is 12.2. The molecule has 0 aliphatic heterocycles. The third-order valence-corrected chi connectivity index (χ3v) is 4.40. The van der Waals surface area contributed by atoms with Crippen molar-refractivity contribution in [3.05, 3.63) is 35.2 Å². The minimum atomic E-state index is -3.42. The second-order valence-corrected chi connectivity index (χ2v) is 7.01. The summed E-state index contributed by atoms with van der Waals surface area (Å²) in [6.07, 6.45) is 1.62. The molecule has 0 atom stereocenters. The Morgan fingerprint density at radius 1 is 1.41 bits per heavy atom. The Morgan fingerprint density at radius 3 is 2.77 bits per heavy atom. The van der Waals surface area contributed by atoms with Crippen molar-refractivity contribution < 1.29 is 22.7 Å². The summed E-state index contributed by atoms with van der Waals surface area (Å²) in [5, 5.41) is 3.91. The molecule has 0 unspecified atom stereocenters. The molecule has 1 aromatic carbocycles. The van der Waals surface area contributed by atoms with Gasteiger partial charge in [-0.3, -0.25) is 14.9 Å². The van der Waals surface area contributed by atoms with Gasteiger partial charge in [0.05, 0.1) is 5.56 Å². The second-order valence-electron chi connectivity index (χ2n) is 4.19. The third-order valence-electron chi connectivity index (χ3n) is 2.52. The average Bonchev–Trinajstić information content (AvgIpc) is 2.94. The van der Waals surface area contributed by atoms with Crippen molar-refractivity contribution in [3.8, 4) is 5.75 Å². The van der Waals surface area contributed by atoms with Crippen LogP contribution in [0.1, 0.15) is 10.4 Å². The van der Waals surface area contributed by atoms with Crippen LogP contribution in [-0.2, 0) is 14.6 Å². The zero-order valence-corrected chi connectivity index (χ0v) is 13.1. The summed E-state index contributed by atoms with van der Waals surface area (Å²) in [7, 11) is -3.42. The van der Waals surface area contributed by atoms with E-state index in [9.17, 15) is 18.0 Å². The molecule has 2 aromatic rings. The van der Waals surface area contributed by atoms with E-state index in [0.717, 1.165) is 17.6 Å². The fourth-order valence-corrected chi connectivity index (χ4v) is 3.28. The molecule has 2 rings (SSSR count). The first kappa shape index (κ1) is 16.1. The van der Waals surface area contributed by atoms with Crippen LogP contribution in [0.5, 0.6) is 5.75 Å². The third kappa shape index (κ3) is 3.89. The van der Waals surface area contributed by atoms with Gasteiger partial charge in [-0.2, -0.15) is 0 Å². The average molecular weight is 340 g/mol. The zero-order chi connectivity index (χ0) is 16.2. The Bertz CT molecular complexity index is 798. The topological polar surface area (TPSA) is 102 Å². The summed E-state index contributed by atoms with van der Waals surface area (Å²) in [6, 6.07) is 6.40. The fraction of sp³-hybridized carbons (Fsp3) is 0.154. The van der Waals surface area contributed by atoms with Crippen molar-refractivity contribution in [2.75, 3.05) is 18.2 Å². The lowest BCUT2D eigenvalue weighted by atomic mass is 10.2. The Kier molecular flexibility index (Phi) is 4.88. The lowest BCUT2D eigenvalue weighted by Gasteiger charge is -2.08. The van der Waals surface area contributed by atoms with Crippen molar-refractivity contribution >= 4 is 38.5 Å². The number of sulfone groups is 1. The molecule has 9 heteroatoms. The number of para-hydroxylation sites is 1. The standard InChI is InChI=1S/C13H12N2O5S2/c1-22(18,19)11-8-21-13(14-11)15-12(17)9-4-2-3-5-10(9)20-7-6-16/h2-6,8H,7H2,1H3,(H,14,15,17). The number of hydrogen-bond acceptors (Lipinski definition) is 7. The van der Waals surface area contributed by atoms with Gasteiger partial charge in [0, 0.05) is 11.6 Å². The highest BCUT2D eigenvalue weighted by molar-refractivity contribution is 7.90. The lowest BCUT2D eigenvalue weighted by Crippen LogP contribution is -2.14. The van der Waals surface area contributed by atoms with Crippen molar-refractivity contribution in [2.45, 2.75) is 5.03 Å². The normalized spacial score (nSPS) is 11.0. The first-order valence-corrected chi connectivity index (χ1v) is 8.81. The molecule has 22 heavy (non-hydrogen) atoms. The lowest BCUT2D eigenvalue weighted by molar-refractivity contribution is -0.109. The first-order valence-electron chi connectivity index (χ1n) is 6.04. The minimum Gasteiger partial charge on any atom is -0.485 e. The van der Waals surface area contributed by atoms with Gasteiger partial charge >= 0.3 is 0 Å². The van der Waals surface area contributed by atoms with Crippen LogP contribution >= 0.6 is 11.3 Å². The Morgan fingerprint density at radius 2 is 2.14 bits per heavy atom. The van der Waals surface area contributed by atoms with Gasteiger partial charge in [-0.25, -0.2) is 13.4 Å². The maximum absolute atomic E-state index is 12.2. The number of rotatable bonds is 6. The van der Waals surface area contributed by atoms with E-state index in [0.29, 0.717) is 6.29 Å². The van der Waals surface area contributed by atoms with Gasteiger partial charge in [-0.1, -0.05) is 12.1 Å². The number of carbonyl (C=O) groups is 2. The van der Waals surface area contributed by atoms with Crippen LogP contribution < -0.4 is 10.1 Å². The van der Waals surface area contributed by atoms with Crippen molar-refractivity contribution in [1.82, 2.24) is 4.98 Å². The molecule has 116 valence electrons. The number of nitrogens with zero attached hydrogens (tertiary/aromatic N) is 1. The van der Waals surface area contributed by atoms with Crippen LogP contribution in [0, 0.1) is 0 Å². The number of ether oxygens (including phenoxy) is 1. The largest absolute Gasteiger partial charge is 0.485 e. The summed E-state index contributed by atoms with van der Waals surface area (Å²) in [5.41, 5.74) is 0.223. The van der Waals surface area contributed by atoms with E-state index in [2.05, 4.69) is 10.3 Å². The molecule has 0 spiro atoms. The van der Waals surface area contributed by atoms with E-state index in [1.807, 2.05) is 0 Å². The summed E-state index contributed by atoms with van der Waals surface area (Å²) in [6.45, 7) is -0.167. The highest BCUT2D eigenvalue weighted by atomic mass is 32.2. The van der Waals surface area contributed by atoms with E-state index >= 15 is 0 Å². The Labute approximate surface area is 130 Å². The van der Waals surface area contributed by atoms with Crippen LogP contribution in [0.15, 0.2) is 34.7 Å². The number of carbonyl (C=O) groups excluding carboxylic acids is 2. The molecule has 1 amide bonds. The molecule has 1 N–H and O–H groups in total. The highest BCUT2D eigenvalue weighted by Gasteiger charge is 2.16. The van der Waals surface area contributed by atoms with Gasteiger partial charge in [-0.05, 0) is 12.1 Å². The highest BCUT2D eigenvalue weighted by Crippen LogP contribution is 2.22. The summed E-state index contributed by atoms with van der Waals surface area (Å²) >= 11 is 1.00. The van der Waals surface area contributed by atoms with Crippen molar-refractivity contribution in [2.24, 2.45) is 0 Å². The summed E-state index contributed by atoms with van der Waals surface area (Å²) in [5.74, 6) is -0.247. The summed E-state index contributed by atoms with van der Waals surface area (Å²) in [4.78, 5) is 26.4. The molecule has 0 fully saturated rings.